The van der Waals surface area contributed by atoms with Crippen LogP contribution in [-0.4, -0.2) is 49.9 Å². The molecule has 0 radical (unpaired) electrons. The predicted octanol–water partition coefficient (Wildman–Crippen LogP) is 6.42. The summed E-state index contributed by atoms with van der Waals surface area (Å²) in [4.78, 5) is 30.1. The van der Waals surface area contributed by atoms with Gasteiger partial charge in [0.1, 0.15) is 0 Å². The Morgan fingerprint density at radius 1 is 0.946 bits per heavy atom. The van der Waals surface area contributed by atoms with Crippen molar-refractivity contribution in [2.24, 2.45) is 10.8 Å². The first-order valence-corrected chi connectivity index (χ1v) is 14.2. The summed E-state index contributed by atoms with van der Waals surface area (Å²) in [5, 5.41) is 0. The maximum atomic E-state index is 13.9. The van der Waals surface area contributed by atoms with E-state index in [1.807, 2.05) is 19.9 Å². The van der Waals surface area contributed by atoms with Crippen LogP contribution in [0.25, 0.3) is 0 Å². The molecule has 1 aromatic rings. The highest BCUT2D eigenvalue weighted by atomic mass is 127. The quantitative estimate of drug-likeness (QED) is 0.328. The summed E-state index contributed by atoms with van der Waals surface area (Å²) in [5.41, 5.74) is 4.21. The van der Waals surface area contributed by atoms with Gasteiger partial charge in [0.05, 0.1) is 23.4 Å². The van der Waals surface area contributed by atoms with Crippen molar-refractivity contribution in [3.63, 3.8) is 0 Å². The third-order valence-corrected chi connectivity index (χ3v) is 8.28. The average Bonchev–Trinajstić information content (AvgIpc) is 2.76. The third-order valence-electron chi connectivity index (χ3n) is 7.48. The highest BCUT2D eigenvalue weighted by Gasteiger charge is 2.49. The van der Waals surface area contributed by atoms with Crippen LogP contribution in [-0.2, 0) is 14.3 Å². The van der Waals surface area contributed by atoms with E-state index in [4.69, 9.17) is 14.2 Å². The molecule has 0 aromatic heterocycles. The van der Waals surface area contributed by atoms with E-state index in [2.05, 4.69) is 61.3 Å². The number of Topliss-reactive ketones (excluding diaryl/α,β-unsaturated/α-hetero) is 2. The lowest BCUT2D eigenvalue weighted by molar-refractivity contribution is -0.119. The summed E-state index contributed by atoms with van der Waals surface area (Å²) in [6.07, 6.45) is 2.48. The topological polar surface area (TPSA) is 65.1 Å². The van der Waals surface area contributed by atoms with Crippen LogP contribution >= 0.6 is 22.6 Å². The Labute approximate surface area is 234 Å². The highest BCUT2D eigenvalue weighted by molar-refractivity contribution is 14.1. The van der Waals surface area contributed by atoms with Crippen molar-refractivity contribution < 1.29 is 23.8 Å². The molecular formula is C30H40INO5. The number of carbonyl (C=O) groups is 2. The van der Waals surface area contributed by atoms with E-state index >= 15 is 0 Å². The first-order chi connectivity index (χ1) is 17.3. The number of benzene rings is 1. The number of nitrogens with zero attached hydrogens (tertiary/aromatic N) is 1. The fourth-order valence-corrected chi connectivity index (χ4v) is 6.84. The molecule has 6 nitrogen and oxygen atoms in total. The second kappa shape index (κ2) is 10.4. The van der Waals surface area contributed by atoms with Gasteiger partial charge < -0.3 is 19.1 Å². The summed E-state index contributed by atoms with van der Waals surface area (Å²) < 4.78 is 18.2. The van der Waals surface area contributed by atoms with Crippen LogP contribution in [0.1, 0.15) is 78.7 Å². The van der Waals surface area contributed by atoms with Gasteiger partial charge in [-0.15, -0.1) is 0 Å². The number of halogens is 1. The molecule has 3 aliphatic rings. The molecule has 0 fully saturated rings. The number of ketones is 2. The molecule has 4 rings (SSSR count). The van der Waals surface area contributed by atoms with Gasteiger partial charge in [0.2, 0.25) is 0 Å². The smallest absolute Gasteiger partial charge is 0.174 e. The molecule has 37 heavy (non-hydrogen) atoms. The molecule has 7 heteroatoms. The Balaban J connectivity index is 1.99. The summed E-state index contributed by atoms with van der Waals surface area (Å²) in [6.45, 7) is 13.7. The molecule has 1 aliphatic heterocycles. The van der Waals surface area contributed by atoms with Crippen molar-refractivity contribution in [1.29, 1.82) is 0 Å². The molecule has 1 heterocycles. The molecule has 0 unspecified atom stereocenters. The van der Waals surface area contributed by atoms with E-state index in [1.54, 1.807) is 14.2 Å². The number of hydrogen-bond donors (Lipinski definition) is 0. The van der Waals surface area contributed by atoms with Crippen molar-refractivity contribution in [2.75, 3.05) is 27.4 Å². The van der Waals surface area contributed by atoms with E-state index in [0.717, 1.165) is 44.5 Å². The second-order valence-corrected chi connectivity index (χ2v) is 13.5. The first-order valence-electron chi connectivity index (χ1n) is 13.1. The van der Waals surface area contributed by atoms with Gasteiger partial charge in [-0.25, -0.2) is 0 Å². The highest BCUT2D eigenvalue weighted by Crippen LogP contribution is 2.55. The van der Waals surface area contributed by atoms with Crippen LogP contribution in [0, 0.1) is 14.4 Å². The van der Waals surface area contributed by atoms with Crippen molar-refractivity contribution in [1.82, 2.24) is 4.90 Å². The van der Waals surface area contributed by atoms with E-state index in [9.17, 15) is 9.59 Å². The van der Waals surface area contributed by atoms with Crippen LogP contribution in [0.2, 0.25) is 0 Å². The zero-order chi connectivity index (χ0) is 27.3. The number of carbonyl (C=O) groups excluding carboxylic acids is 2. The Kier molecular flexibility index (Phi) is 7.88. The SMILES string of the molecule is COCCN1C2=C(C(=O)CC(C)(C)C2)C(c2cc(I)c(OC(C)C)c(OC)c2)C2=C1CC(C)(C)CC2=O. The summed E-state index contributed by atoms with van der Waals surface area (Å²) in [6, 6.07) is 4.02. The zero-order valence-electron chi connectivity index (χ0n) is 23.4. The zero-order valence-corrected chi connectivity index (χ0v) is 25.6. The fraction of sp³-hybridized carbons (Fsp3) is 0.600. The normalized spacial score (nSPS) is 21.4. The molecule has 0 bridgehead atoms. The summed E-state index contributed by atoms with van der Waals surface area (Å²) in [5.74, 6) is 1.15. The number of hydrogen-bond acceptors (Lipinski definition) is 6. The number of allylic oxidation sites excluding steroid dienone is 4. The average molecular weight is 622 g/mol. The molecule has 0 N–H and O–H groups in total. The molecule has 0 saturated carbocycles. The summed E-state index contributed by atoms with van der Waals surface area (Å²) in [7, 11) is 3.33. The minimum Gasteiger partial charge on any atom is -0.493 e. The Morgan fingerprint density at radius 3 is 1.95 bits per heavy atom. The first kappa shape index (κ1) is 28.1. The van der Waals surface area contributed by atoms with Gasteiger partial charge in [0.15, 0.2) is 23.1 Å². The number of rotatable bonds is 7. The minimum atomic E-state index is -0.411. The van der Waals surface area contributed by atoms with Crippen molar-refractivity contribution >= 4 is 34.2 Å². The maximum Gasteiger partial charge on any atom is 0.174 e. The van der Waals surface area contributed by atoms with E-state index < -0.39 is 5.92 Å². The second-order valence-electron chi connectivity index (χ2n) is 12.4. The molecule has 0 spiro atoms. The number of ether oxygens (including phenoxy) is 3. The summed E-state index contributed by atoms with van der Waals surface area (Å²) >= 11 is 2.27. The largest absolute Gasteiger partial charge is 0.493 e. The fourth-order valence-electron chi connectivity index (χ4n) is 6.09. The van der Waals surface area contributed by atoms with Gasteiger partial charge in [-0.05, 0) is 77.8 Å². The molecule has 202 valence electrons. The maximum absolute atomic E-state index is 13.9. The molecule has 0 saturated heterocycles. The molecule has 0 amide bonds. The van der Waals surface area contributed by atoms with Gasteiger partial charge in [0, 0.05) is 55.0 Å². The monoisotopic (exact) mass is 621 g/mol. The van der Waals surface area contributed by atoms with Gasteiger partial charge >= 0.3 is 0 Å². The van der Waals surface area contributed by atoms with Crippen molar-refractivity contribution in [3.8, 4) is 11.5 Å². The molecule has 1 aromatic carbocycles. The van der Waals surface area contributed by atoms with E-state index in [0.29, 0.717) is 37.5 Å². The van der Waals surface area contributed by atoms with Gasteiger partial charge in [-0.1, -0.05) is 27.7 Å². The van der Waals surface area contributed by atoms with E-state index in [1.165, 1.54) is 0 Å². The van der Waals surface area contributed by atoms with Gasteiger partial charge in [-0.2, -0.15) is 0 Å². The Hall–Kier alpha value is -1.87. The molecule has 0 atom stereocenters. The van der Waals surface area contributed by atoms with Crippen LogP contribution < -0.4 is 9.47 Å². The molecule has 2 aliphatic carbocycles. The van der Waals surface area contributed by atoms with Gasteiger partial charge in [-0.3, -0.25) is 9.59 Å². The lowest BCUT2D eigenvalue weighted by atomic mass is 9.63. The van der Waals surface area contributed by atoms with Crippen LogP contribution in [0.4, 0.5) is 0 Å². The minimum absolute atomic E-state index is 0.00906. The predicted molar refractivity (Wildman–Crippen MR) is 153 cm³/mol. The standard InChI is InChI=1S/C30H40INO5/c1-17(2)37-28-19(31)11-18(12-24(28)36-8)25-26-20(13-29(3,4)15-22(26)33)32(9-10-35-7)21-14-30(5,6)16-23(34)27(21)25/h11-12,17,25H,9-10,13-16H2,1-8H3. The Bertz CT molecular complexity index is 1120. The van der Waals surface area contributed by atoms with Crippen LogP contribution in [0.3, 0.4) is 0 Å². The van der Waals surface area contributed by atoms with Crippen LogP contribution in [0.5, 0.6) is 11.5 Å². The van der Waals surface area contributed by atoms with Gasteiger partial charge in [0.25, 0.3) is 0 Å². The number of methoxy groups -OCH3 is 2. The third kappa shape index (κ3) is 5.49. The van der Waals surface area contributed by atoms with Crippen molar-refractivity contribution in [3.05, 3.63) is 43.8 Å². The Morgan fingerprint density at radius 2 is 1.49 bits per heavy atom. The van der Waals surface area contributed by atoms with Crippen LogP contribution in [0.15, 0.2) is 34.7 Å². The van der Waals surface area contributed by atoms with E-state index in [-0.39, 0.29) is 28.5 Å². The lowest BCUT2D eigenvalue weighted by Gasteiger charge is -2.49. The lowest BCUT2D eigenvalue weighted by Crippen LogP contribution is -2.45. The van der Waals surface area contributed by atoms with Crippen molar-refractivity contribution in [2.45, 2.75) is 79.2 Å². The molecular weight excluding hydrogens is 581 g/mol.